The Labute approximate surface area is 106 Å². The molecule has 0 bridgehead atoms. The number of nitriles is 1. The lowest BCUT2D eigenvalue weighted by Crippen LogP contribution is -2.20. The normalized spacial score (nSPS) is 11.8. The average molecular weight is 299 g/mol. The quantitative estimate of drug-likeness (QED) is 0.851. The van der Waals surface area contributed by atoms with E-state index in [2.05, 4.69) is 4.74 Å². The van der Waals surface area contributed by atoms with Crippen molar-refractivity contribution in [3.63, 3.8) is 0 Å². The molecule has 0 spiro atoms. The molecule has 1 rings (SSSR count). The van der Waals surface area contributed by atoms with E-state index < -0.39 is 40.9 Å². The van der Waals surface area contributed by atoms with Crippen LogP contribution in [0.4, 0.5) is 26.3 Å². The van der Waals surface area contributed by atoms with Gasteiger partial charge in [0.25, 0.3) is 0 Å². The number of hydrogen-bond acceptors (Lipinski definition) is 3. The van der Waals surface area contributed by atoms with Gasteiger partial charge in [-0.1, -0.05) is 0 Å². The van der Waals surface area contributed by atoms with Gasteiger partial charge < -0.3 is 9.84 Å². The highest BCUT2D eigenvalue weighted by Gasteiger charge is 2.39. The third-order valence-corrected chi connectivity index (χ3v) is 1.99. The Morgan fingerprint density at radius 2 is 1.75 bits per heavy atom. The van der Waals surface area contributed by atoms with Gasteiger partial charge in [-0.25, -0.2) is 4.79 Å². The molecule has 108 valence electrons. The molecular formula is C10H3F6NO3. The van der Waals surface area contributed by atoms with E-state index in [4.69, 9.17) is 10.4 Å². The zero-order valence-corrected chi connectivity index (χ0v) is 9.13. The van der Waals surface area contributed by atoms with Crippen LogP contribution in [0.25, 0.3) is 0 Å². The first kappa shape index (κ1) is 15.6. The molecular weight excluding hydrogens is 296 g/mol. The summed E-state index contributed by atoms with van der Waals surface area (Å²) in [5.41, 5.74) is -4.43. The summed E-state index contributed by atoms with van der Waals surface area (Å²) in [5.74, 6) is -3.42. The number of hydrogen-bond donors (Lipinski definition) is 1. The first-order valence-corrected chi connectivity index (χ1v) is 4.60. The number of carboxylic acid groups (broad SMARTS) is 1. The monoisotopic (exact) mass is 299 g/mol. The number of rotatable bonds is 2. The molecule has 0 aliphatic rings. The maximum absolute atomic E-state index is 12.6. The molecule has 0 aromatic heterocycles. The predicted octanol–water partition coefficient (Wildman–Crippen LogP) is 3.17. The van der Waals surface area contributed by atoms with E-state index in [0.29, 0.717) is 0 Å². The summed E-state index contributed by atoms with van der Waals surface area (Å²) < 4.78 is 77.0. The molecule has 0 aliphatic carbocycles. The highest BCUT2D eigenvalue weighted by Crippen LogP contribution is 2.37. The van der Waals surface area contributed by atoms with Gasteiger partial charge >= 0.3 is 18.5 Å². The maximum atomic E-state index is 12.6. The third kappa shape index (κ3) is 3.53. The fourth-order valence-electron chi connectivity index (χ4n) is 1.35. The summed E-state index contributed by atoms with van der Waals surface area (Å²) in [4.78, 5) is 10.7. The van der Waals surface area contributed by atoms with Crippen LogP contribution in [0.2, 0.25) is 0 Å². The van der Waals surface area contributed by atoms with E-state index >= 15 is 0 Å². The second-order valence-electron chi connectivity index (χ2n) is 3.36. The number of nitrogens with zero attached hydrogens (tertiary/aromatic N) is 1. The van der Waals surface area contributed by atoms with Crippen LogP contribution in [0.1, 0.15) is 21.5 Å². The molecule has 1 aromatic rings. The molecule has 1 aromatic carbocycles. The summed E-state index contributed by atoms with van der Waals surface area (Å²) in [7, 11) is 0. The molecule has 0 unspecified atom stereocenters. The molecule has 0 atom stereocenters. The van der Waals surface area contributed by atoms with Gasteiger partial charge in [-0.3, -0.25) is 0 Å². The molecule has 1 N–H and O–H groups in total. The van der Waals surface area contributed by atoms with Crippen molar-refractivity contribution in [3.8, 4) is 11.8 Å². The van der Waals surface area contributed by atoms with E-state index in [9.17, 15) is 31.1 Å². The minimum Gasteiger partial charge on any atom is -0.478 e. The van der Waals surface area contributed by atoms with E-state index in [-0.39, 0.29) is 12.1 Å². The standard InChI is InChI=1S/C10H3F6NO3/c11-9(12,13)6-2-5(20-10(14,15)16)1-4(3-17)7(6)8(18)19/h1-2H,(H,18,19). The number of alkyl halides is 6. The zero-order valence-electron chi connectivity index (χ0n) is 9.13. The van der Waals surface area contributed by atoms with Crippen molar-refractivity contribution in [3.05, 3.63) is 28.8 Å². The van der Waals surface area contributed by atoms with Crippen molar-refractivity contribution < 1.29 is 41.0 Å². The lowest BCUT2D eigenvalue weighted by molar-refractivity contribution is -0.274. The van der Waals surface area contributed by atoms with E-state index in [1.165, 1.54) is 0 Å². The number of carboxylic acids is 1. The summed E-state index contributed by atoms with van der Waals surface area (Å²) in [6.45, 7) is 0. The Morgan fingerprint density at radius 1 is 1.20 bits per heavy atom. The fourth-order valence-corrected chi connectivity index (χ4v) is 1.35. The second-order valence-corrected chi connectivity index (χ2v) is 3.36. The van der Waals surface area contributed by atoms with Crippen LogP contribution in [0.15, 0.2) is 12.1 Å². The van der Waals surface area contributed by atoms with Crippen LogP contribution >= 0.6 is 0 Å². The van der Waals surface area contributed by atoms with Gasteiger partial charge in [0.05, 0.1) is 16.7 Å². The molecule has 0 aliphatic heterocycles. The van der Waals surface area contributed by atoms with E-state index in [0.717, 1.165) is 6.07 Å². The molecule has 0 heterocycles. The maximum Gasteiger partial charge on any atom is 0.573 e. The van der Waals surface area contributed by atoms with Gasteiger partial charge in [0.15, 0.2) is 0 Å². The first-order chi connectivity index (χ1) is 8.95. The number of aromatic carboxylic acids is 1. The van der Waals surface area contributed by atoms with Crippen molar-refractivity contribution in [2.24, 2.45) is 0 Å². The third-order valence-electron chi connectivity index (χ3n) is 1.99. The van der Waals surface area contributed by atoms with Crippen LogP contribution in [-0.2, 0) is 6.18 Å². The highest BCUT2D eigenvalue weighted by atomic mass is 19.4. The SMILES string of the molecule is N#Cc1cc(OC(F)(F)F)cc(C(F)(F)F)c1C(=O)O. The van der Waals surface area contributed by atoms with Crippen molar-refractivity contribution in [2.45, 2.75) is 12.5 Å². The van der Waals surface area contributed by atoms with Crippen LogP contribution in [0, 0.1) is 11.3 Å². The summed E-state index contributed by atoms with van der Waals surface area (Å²) >= 11 is 0. The van der Waals surface area contributed by atoms with Crippen molar-refractivity contribution in [1.82, 2.24) is 0 Å². The number of benzene rings is 1. The van der Waals surface area contributed by atoms with Gasteiger partial charge in [0.2, 0.25) is 0 Å². The van der Waals surface area contributed by atoms with Gasteiger partial charge in [0, 0.05) is 0 Å². The molecule has 0 saturated heterocycles. The topological polar surface area (TPSA) is 70.3 Å². The smallest absolute Gasteiger partial charge is 0.478 e. The lowest BCUT2D eigenvalue weighted by atomic mass is 10.0. The average Bonchev–Trinajstić information content (AvgIpc) is 2.23. The summed E-state index contributed by atoms with van der Waals surface area (Å²) in [5, 5.41) is 17.2. The Morgan fingerprint density at radius 3 is 2.10 bits per heavy atom. The van der Waals surface area contributed by atoms with Crippen molar-refractivity contribution >= 4 is 5.97 Å². The molecule has 20 heavy (non-hydrogen) atoms. The second kappa shape index (κ2) is 4.92. The Kier molecular flexibility index (Phi) is 3.84. The van der Waals surface area contributed by atoms with Crippen LogP contribution in [0.5, 0.6) is 5.75 Å². The van der Waals surface area contributed by atoms with Gasteiger partial charge in [-0.15, -0.1) is 13.2 Å². The predicted molar refractivity (Wildman–Crippen MR) is 49.8 cm³/mol. The number of ether oxygens (including phenoxy) is 1. The molecule has 0 saturated carbocycles. The molecule has 4 nitrogen and oxygen atoms in total. The summed E-state index contributed by atoms with van der Waals surface area (Å²) in [6, 6.07) is 1.23. The Bertz CT molecular complexity index is 584. The van der Waals surface area contributed by atoms with Crippen molar-refractivity contribution in [1.29, 1.82) is 5.26 Å². The Balaban J connectivity index is 3.58. The van der Waals surface area contributed by atoms with Gasteiger partial charge in [-0.05, 0) is 12.1 Å². The van der Waals surface area contributed by atoms with E-state index in [1.54, 1.807) is 0 Å². The van der Waals surface area contributed by atoms with Crippen LogP contribution in [-0.4, -0.2) is 17.4 Å². The fraction of sp³-hybridized carbons (Fsp3) is 0.200. The largest absolute Gasteiger partial charge is 0.573 e. The number of carbonyl (C=O) groups is 1. The molecule has 10 heteroatoms. The van der Waals surface area contributed by atoms with Gasteiger partial charge in [-0.2, -0.15) is 18.4 Å². The van der Waals surface area contributed by atoms with Gasteiger partial charge in [0.1, 0.15) is 11.8 Å². The number of halogens is 6. The highest BCUT2D eigenvalue weighted by molar-refractivity contribution is 5.93. The summed E-state index contributed by atoms with van der Waals surface area (Å²) in [6.07, 6.45) is -10.5. The van der Waals surface area contributed by atoms with Crippen molar-refractivity contribution in [2.75, 3.05) is 0 Å². The Hall–Kier alpha value is -2.44. The first-order valence-electron chi connectivity index (χ1n) is 4.60. The zero-order chi connectivity index (χ0) is 15.7. The van der Waals surface area contributed by atoms with Crippen LogP contribution in [0.3, 0.4) is 0 Å². The molecule has 0 fully saturated rings. The molecule has 0 amide bonds. The minimum atomic E-state index is -5.28. The lowest BCUT2D eigenvalue weighted by Gasteiger charge is -2.15. The van der Waals surface area contributed by atoms with E-state index in [1.807, 2.05) is 0 Å². The molecule has 0 radical (unpaired) electrons. The minimum absolute atomic E-state index is 0.127. The van der Waals surface area contributed by atoms with Crippen LogP contribution < -0.4 is 4.74 Å².